The smallest absolute Gasteiger partial charge is 0.219 e. The molecule has 0 aromatic heterocycles. The minimum absolute atomic E-state index is 0.0175. The van der Waals surface area contributed by atoms with Gasteiger partial charge in [0.05, 0.1) is 5.57 Å². The van der Waals surface area contributed by atoms with Gasteiger partial charge in [0, 0.05) is 30.2 Å². The molecule has 0 aromatic carbocycles. The second-order valence-corrected chi connectivity index (χ2v) is 16.0. The highest BCUT2D eigenvalue weighted by Gasteiger charge is 2.65. The molecule has 0 aromatic rings. The van der Waals surface area contributed by atoms with Gasteiger partial charge in [0.25, 0.3) is 0 Å². The standard InChI is InChI=1S/C35H52N2O3/c1-30(2)13-10-24-25(38)20-27-33(6)21-23(22-36)29(40)31(3,4)26(33)11-15-35(27,8)34(24,7)19-18-32(5,17-16-30)14-12-28(39)37-9/h20-21,24,26H,10-19H2,1-9H3,(H,37,39)/t24?,26-,32-,33-,34+,35+/m0/s1. The normalized spacial score (nSPS) is 40.8. The van der Waals surface area contributed by atoms with E-state index in [2.05, 4.69) is 52.9 Å². The highest BCUT2D eigenvalue weighted by atomic mass is 16.1. The van der Waals surface area contributed by atoms with E-state index >= 15 is 0 Å². The van der Waals surface area contributed by atoms with Crippen molar-refractivity contribution >= 4 is 17.5 Å². The van der Waals surface area contributed by atoms with Gasteiger partial charge in [-0.25, -0.2) is 0 Å². The first kappa shape index (κ1) is 30.7. The molecule has 0 saturated heterocycles. The molecule has 40 heavy (non-hydrogen) atoms. The summed E-state index contributed by atoms with van der Waals surface area (Å²) in [7, 11) is 1.71. The lowest BCUT2D eigenvalue weighted by molar-refractivity contribution is -0.139. The zero-order valence-electron chi connectivity index (χ0n) is 26.6. The van der Waals surface area contributed by atoms with E-state index in [0.29, 0.717) is 6.42 Å². The molecule has 0 spiro atoms. The number of hydrogen-bond acceptors (Lipinski definition) is 4. The zero-order chi connectivity index (χ0) is 29.9. The van der Waals surface area contributed by atoms with Gasteiger partial charge in [0.1, 0.15) is 6.07 Å². The van der Waals surface area contributed by atoms with Crippen LogP contribution in [0.15, 0.2) is 23.3 Å². The number of Topliss-reactive ketones (excluding diaryl/α,β-unsaturated/α-hetero) is 1. The quantitative estimate of drug-likeness (QED) is 0.395. The summed E-state index contributed by atoms with van der Waals surface area (Å²) in [4.78, 5) is 39.8. The molecule has 4 aliphatic rings. The molecular weight excluding hydrogens is 496 g/mol. The largest absolute Gasteiger partial charge is 0.359 e. The first-order valence-corrected chi connectivity index (χ1v) is 15.5. The van der Waals surface area contributed by atoms with Gasteiger partial charge in [-0.2, -0.15) is 5.26 Å². The van der Waals surface area contributed by atoms with Gasteiger partial charge in [-0.1, -0.05) is 67.0 Å². The third kappa shape index (κ3) is 4.72. The lowest BCUT2D eigenvalue weighted by Gasteiger charge is -2.65. The van der Waals surface area contributed by atoms with E-state index in [1.54, 1.807) is 7.05 Å². The molecule has 6 atom stereocenters. The van der Waals surface area contributed by atoms with Crippen LogP contribution >= 0.6 is 0 Å². The van der Waals surface area contributed by atoms with Crippen molar-refractivity contribution in [2.45, 2.75) is 120 Å². The van der Waals surface area contributed by atoms with Crippen molar-refractivity contribution in [2.24, 2.45) is 44.3 Å². The maximum Gasteiger partial charge on any atom is 0.219 e. The van der Waals surface area contributed by atoms with Gasteiger partial charge in [0.15, 0.2) is 11.6 Å². The Morgan fingerprint density at radius 1 is 0.950 bits per heavy atom. The molecule has 2 saturated carbocycles. The fourth-order valence-corrected chi connectivity index (χ4v) is 9.43. The van der Waals surface area contributed by atoms with E-state index in [1.807, 2.05) is 26.0 Å². The summed E-state index contributed by atoms with van der Waals surface area (Å²) in [6, 6.07) is 2.20. The fourth-order valence-electron chi connectivity index (χ4n) is 9.43. The Morgan fingerprint density at radius 3 is 2.23 bits per heavy atom. The van der Waals surface area contributed by atoms with E-state index in [9.17, 15) is 19.6 Å². The molecule has 5 heteroatoms. The molecule has 5 nitrogen and oxygen atoms in total. The SMILES string of the molecule is CNC(=O)CC[C@@]1(C)CCC(C)(C)CCC2C(=O)C=C3[C@@]4(C)C=C(C#N)C(=O)C(C)(C)[C@@H]4CC[C@@]3(C)[C@]2(C)CC1. The van der Waals surface area contributed by atoms with Crippen molar-refractivity contribution in [1.82, 2.24) is 5.32 Å². The van der Waals surface area contributed by atoms with Crippen molar-refractivity contribution in [1.29, 1.82) is 5.26 Å². The molecule has 1 unspecified atom stereocenters. The van der Waals surface area contributed by atoms with Gasteiger partial charge in [0.2, 0.25) is 5.91 Å². The number of allylic oxidation sites excluding steroid dienone is 4. The predicted molar refractivity (Wildman–Crippen MR) is 159 cm³/mol. The minimum Gasteiger partial charge on any atom is -0.359 e. The average molecular weight is 549 g/mol. The molecule has 2 fully saturated rings. The van der Waals surface area contributed by atoms with E-state index in [0.717, 1.165) is 63.4 Å². The van der Waals surface area contributed by atoms with E-state index in [-0.39, 0.29) is 56.5 Å². The maximum atomic E-state index is 14.2. The molecule has 4 rings (SSSR count). The first-order valence-electron chi connectivity index (χ1n) is 15.5. The summed E-state index contributed by atoms with van der Waals surface area (Å²) >= 11 is 0. The summed E-state index contributed by atoms with van der Waals surface area (Å²) in [6.45, 7) is 17.9. The van der Waals surface area contributed by atoms with Crippen molar-refractivity contribution in [3.8, 4) is 6.07 Å². The molecular formula is C35H52N2O3. The summed E-state index contributed by atoms with van der Waals surface area (Å²) in [5, 5.41) is 12.7. The van der Waals surface area contributed by atoms with Crippen LogP contribution in [0, 0.1) is 55.7 Å². The molecule has 4 aliphatic carbocycles. The highest BCUT2D eigenvalue weighted by molar-refractivity contribution is 6.04. The van der Waals surface area contributed by atoms with Gasteiger partial charge in [-0.05, 0) is 91.4 Å². The highest BCUT2D eigenvalue weighted by Crippen LogP contribution is 2.70. The molecule has 1 N–H and O–H groups in total. The number of nitrogens with zero attached hydrogens (tertiary/aromatic N) is 1. The van der Waals surface area contributed by atoms with Crippen molar-refractivity contribution in [3.05, 3.63) is 23.3 Å². The van der Waals surface area contributed by atoms with Crippen LogP contribution in [0.1, 0.15) is 120 Å². The number of carbonyl (C=O) groups excluding carboxylic acids is 3. The number of ketones is 2. The van der Waals surface area contributed by atoms with Crippen LogP contribution in [0.4, 0.5) is 0 Å². The Labute approximate surface area is 242 Å². The number of carbonyl (C=O) groups is 3. The number of amides is 1. The summed E-state index contributed by atoms with van der Waals surface area (Å²) < 4.78 is 0. The molecule has 220 valence electrons. The van der Waals surface area contributed by atoms with Crippen LogP contribution < -0.4 is 5.32 Å². The van der Waals surface area contributed by atoms with E-state index < -0.39 is 10.8 Å². The Kier molecular flexibility index (Phi) is 7.65. The molecule has 1 amide bonds. The Hall–Kier alpha value is -2.22. The topological polar surface area (TPSA) is 87.0 Å². The summed E-state index contributed by atoms with van der Waals surface area (Å²) in [6.07, 6.45) is 13.1. The van der Waals surface area contributed by atoms with Gasteiger partial charge in [-0.15, -0.1) is 0 Å². The number of rotatable bonds is 3. The summed E-state index contributed by atoms with van der Waals surface area (Å²) in [5.74, 6) is 0.239. The second-order valence-electron chi connectivity index (χ2n) is 16.0. The van der Waals surface area contributed by atoms with Gasteiger partial charge in [-0.3, -0.25) is 14.4 Å². The van der Waals surface area contributed by atoms with Crippen molar-refractivity contribution in [2.75, 3.05) is 7.05 Å². The monoisotopic (exact) mass is 548 g/mol. The molecule has 0 heterocycles. The molecule has 0 bridgehead atoms. The van der Waals surface area contributed by atoms with E-state index in [4.69, 9.17) is 0 Å². The first-order chi connectivity index (χ1) is 18.4. The lowest BCUT2D eigenvalue weighted by atomic mass is 9.38. The second kappa shape index (κ2) is 9.95. The van der Waals surface area contributed by atoms with Crippen LogP contribution in [0.3, 0.4) is 0 Å². The predicted octanol–water partition coefficient (Wildman–Crippen LogP) is 7.51. The minimum atomic E-state index is -0.656. The molecule has 0 radical (unpaired) electrons. The van der Waals surface area contributed by atoms with Crippen molar-refractivity contribution in [3.63, 3.8) is 0 Å². The third-order valence-corrected chi connectivity index (χ3v) is 12.8. The fraction of sp³-hybridized carbons (Fsp3) is 0.771. The van der Waals surface area contributed by atoms with Crippen LogP contribution in [-0.4, -0.2) is 24.5 Å². The third-order valence-electron chi connectivity index (χ3n) is 12.8. The Balaban J connectivity index is 1.83. The zero-order valence-corrected chi connectivity index (χ0v) is 26.6. The van der Waals surface area contributed by atoms with Crippen LogP contribution in [-0.2, 0) is 14.4 Å². The number of hydrogen-bond donors (Lipinski definition) is 1. The van der Waals surface area contributed by atoms with E-state index in [1.165, 1.54) is 0 Å². The Bertz CT molecular complexity index is 1200. The summed E-state index contributed by atoms with van der Waals surface area (Å²) in [5.41, 5.74) is -0.138. The average Bonchev–Trinajstić information content (AvgIpc) is 2.88. The number of nitrogens with one attached hydrogen (secondary N) is 1. The lowest BCUT2D eigenvalue weighted by Crippen LogP contribution is -2.60. The van der Waals surface area contributed by atoms with Crippen molar-refractivity contribution < 1.29 is 14.4 Å². The van der Waals surface area contributed by atoms with Crippen LogP contribution in [0.25, 0.3) is 0 Å². The van der Waals surface area contributed by atoms with Crippen LogP contribution in [0.5, 0.6) is 0 Å². The number of fused-ring (bicyclic) bond motifs is 5. The Morgan fingerprint density at radius 2 is 1.60 bits per heavy atom. The van der Waals surface area contributed by atoms with Gasteiger partial charge >= 0.3 is 0 Å². The van der Waals surface area contributed by atoms with Gasteiger partial charge < -0.3 is 5.32 Å². The molecule has 0 aliphatic heterocycles. The maximum absolute atomic E-state index is 14.2. The number of nitriles is 1. The van der Waals surface area contributed by atoms with Crippen LogP contribution in [0.2, 0.25) is 0 Å².